The summed E-state index contributed by atoms with van der Waals surface area (Å²) in [4.78, 5) is 8.75. The lowest BCUT2D eigenvalue weighted by molar-refractivity contribution is 1.29. The van der Waals surface area contributed by atoms with E-state index in [2.05, 4.69) is 16.0 Å². The van der Waals surface area contributed by atoms with E-state index in [1.807, 2.05) is 53.9 Å². The van der Waals surface area contributed by atoms with Gasteiger partial charge in [0.2, 0.25) is 0 Å². The molecule has 0 N–H and O–H groups in total. The number of hydrogen-bond acceptors (Lipinski definition) is 4. The molecule has 3 nitrogen and oxygen atoms in total. The van der Waals surface area contributed by atoms with Gasteiger partial charge >= 0.3 is 0 Å². The lowest BCUT2D eigenvalue weighted by Crippen LogP contribution is -1.84. The fourth-order valence-electron chi connectivity index (χ4n) is 1.89. The highest BCUT2D eigenvalue weighted by Crippen LogP contribution is 2.26. The Morgan fingerprint density at radius 2 is 1.90 bits per heavy atom. The van der Waals surface area contributed by atoms with Crippen LogP contribution in [-0.4, -0.2) is 9.97 Å². The van der Waals surface area contributed by atoms with Crippen LogP contribution in [0.3, 0.4) is 0 Å². The van der Waals surface area contributed by atoms with Crippen molar-refractivity contribution in [2.75, 3.05) is 0 Å². The van der Waals surface area contributed by atoms with E-state index in [0.717, 1.165) is 17.0 Å². The molecular weight excluding hydrogens is 278 g/mol. The number of pyridine rings is 1. The quantitative estimate of drug-likeness (QED) is 0.676. The van der Waals surface area contributed by atoms with Crippen LogP contribution in [-0.2, 0) is 0 Å². The van der Waals surface area contributed by atoms with E-state index in [-0.39, 0.29) is 0 Å². The molecule has 3 aromatic rings. The van der Waals surface area contributed by atoms with Crippen molar-refractivity contribution in [2.45, 2.75) is 0 Å². The summed E-state index contributed by atoms with van der Waals surface area (Å²) in [5, 5.41) is 12.0. The van der Waals surface area contributed by atoms with E-state index in [1.54, 1.807) is 12.3 Å². The number of hydrogen-bond donors (Lipinski definition) is 0. The maximum atomic E-state index is 9.34. The molecule has 0 aliphatic rings. The SMILES string of the molecule is N#C/C(=C/c1ccccn1)c1nc(-c2ccccc2)cs1. The van der Waals surface area contributed by atoms with Crippen LogP contribution in [0.15, 0.2) is 60.1 Å². The van der Waals surface area contributed by atoms with Gasteiger partial charge in [-0.1, -0.05) is 36.4 Å². The Bertz CT molecular complexity index is 799. The smallest absolute Gasteiger partial charge is 0.134 e. The lowest BCUT2D eigenvalue weighted by Gasteiger charge is -1.95. The summed E-state index contributed by atoms with van der Waals surface area (Å²) < 4.78 is 0. The Morgan fingerprint density at radius 3 is 2.62 bits per heavy atom. The van der Waals surface area contributed by atoms with Crippen LogP contribution in [0.5, 0.6) is 0 Å². The number of benzene rings is 1. The predicted molar refractivity (Wildman–Crippen MR) is 85.3 cm³/mol. The first-order valence-corrected chi connectivity index (χ1v) is 7.29. The normalized spacial score (nSPS) is 11.1. The average molecular weight is 289 g/mol. The molecule has 100 valence electrons. The highest BCUT2D eigenvalue weighted by Gasteiger charge is 2.09. The van der Waals surface area contributed by atoms with Gasteiger partial charge in [-0.15, -0.1) is 11.3 Å². The molecule has 0 saturated carbocycles. The summed E-state index contributed by atoms with van der Waals surface area (Å²) in [7, 11) is 0. The third kappa shape index (κ3) is 3.04. The Balaban J connectivity index is 1.95. The van der Waals surface area contributed by atoms with E-state index in [0.29, 0.717) is 10.6 Å². The van der Waals surface area contributed by atoms with E-state index in [9.17, 15) is 5.26 Å². The van der Waals surface area contributed by atoms with Crippen molar-refractivity contribution in [2.24, 2.45) is 0 Å². The molecule has 21 heavy (non-hydrogen) atoms. The second-order valence-corrected chi connectivity index (χ2v) is 5.19. The molecule has 0 amide bonds. The Labute approximate surface area is 126 Å². The van der Waals surface area contributed by atoms with Crippen LogP contribution in [0.2, 0.25) is 0 Å². The topological polar surface area (TPSA) is 49.6 Å². The van der Waals surface area contributed by atoms with Crippen molar-refractivity contribution in [1.82, 2.24) is 9.97 Å². The van der Waals surface area contributed by atoms with Crippen LogP contribution >= 0.6 is 11.3 Å². The molecule has 0 aliphatic heterocycles. The van der Waals surface area contributed by atoms with Crippen molar-refractivity contribution in [3.63, 3.8) is 0 Å². The highest BCUT2D eigenvalue weighted by atomic mass is 32.1. The zero-order valence-corrected chi connectivity index (χ0v) is 11.9. The average Bonchev–Trinajstić information content (AvgIpc) is 3.04. The molecule has 0 bridgehead atoms. The van der Waals surface area contributed by atoms with Gasteiger partial charge in [0.1, 0.15) is 11.1 Å². The summed E-state index contributed by atoms with van der Waals surface area (Å²) in [5.74, 6) is 0. The first kappa shape index (κ1) is 13.2. The Hall–Kier alpha value is -2.77. The van der Waals surface area contributed by atoms with Crippen molar-refractivity contribution in [3.8, 4) is 17.3 Å². The van der Waals surface area contributed by atoms with Gasteiger partial charge in [-0.3, -0.25) is 4.98 Å². The molecule has 1 aromatic carbocycles. The minimum atomic E-state index is 0.529. The van der Waals surface area contributed by atoms with E-state index >= 15 is 0 Å². The predicted octanol–water partition coefficient (Wildman–Crippen LogP) is 4.27. The van der Waals surface area contributed by atoms with Crippen LogP contribution in [0.4, 0.5) is 0 Å². The van der Waals surface area contributed by atoms with Gasteiger partial charge in [0.25, 0.3) is 0 Å². The number of allylic oxidation sites excluding steroid dienone is 1. The minimum absolute atomic E-state index is 0.529. The van der Waals surface area contributed by atoms with Gasteiger partial charge in [-0.25, -0.2) is 4.98 Å². The Morgan fingerprint density at radius 1 is 1.10 bits per heavy atom. The fraction of sp³-hybridized carbons (Fsp3) is 0. The van der Waals surface area contributed by atoms with Crippen LogP contribution in [0.25, 0.3) is 22.9 Å². The summed E-state index contributed by atoms with van der Waals surface area (Å²) >= 11 is 1.47. The molecule has 4 heteroatoms. The summed E-state index contributed by atoms with van der Waals surface area (Å²) in [5.41, 5.74) is 3.22. The fourth-order valence-corrected chi connectivity index (χ4v) is 2.68. The number of nitrogens with zero attached hydrogens (tertiary/aromatic N) is 3. The zero-order valence-electron chi connectivity index (χ0n) is 11.1. The largest absolute Gasteiger partial charge is 0.257 e. The second kappa shape index (κ2) is 6.12. The van der Waals surface area contributed by atoms with E-state index in [4.69, 9.17) is 0 Å². The summed E-state index contributed by atoms with van der Waals surface area (Å²) in [6, 6.07) is 17.7. The van der Waals surface area contributed by atoms with Gasteiger partial charge in [-0.05, 0) is 18.2 Å². The third-order valence-electron chi connectivity index (χ3n) is 2.90. The molecule has 0 saturated heterocycles. The van der Waals surface area contributed by atoms with Crippen molar-refractivity contribution in [1.29, 1.82) is 5.26 Å². The first-order valence-electron chi connectivity index (χ1n) is 6.41. The highest BCUT2D eigenvalue weighted by molar-refractivity contribution is 7.11. The van der Waals surface area contributed by atoms with Gasteiger partial charge in [-0.2, -0.15) is 5.26 Å². The number of rotatable bonds is 3. The molecule has 0 unspecified atom stereocenters. The first-order chi connectivity index (χ1) is 10.4. The molecular formula is C17H11N3S. The maximum Gasteiger partial charge on any atom is 0.134 e. The van der Waals surface area contributed by atoms with Gasteiger partial charge in [0.05, 0.1) is 17.0 Å². The minimum Gasteiger partial charge on any atom is -0.257 e. The summed E-state index contributed by atoms with van der Waals surface area (Å²) in [6.45, 7) is 0. The van der Waals surface area contributed by atoms with E-state index < -0.39 is 0 Å². The molecule has 2 heterocycles. The van der Waals surface area contributed by atoms with Crippen LogP contribution in [0.1, 0.15) is 10.7 Å². The maximum absolute atomic E-state index is 9.34. The number of aromatic nitrogens is 2. The van der Waals surface area contributed by atoms with Gasteiger partial charge < -0.3 is 0 Å². The summed E-state index contributed by atoms with van der Waals surface area (Å²) in [6.07, 6.45) is 3.46. The van der Waals surface area contributed by atoms with Crippen LogP contribution in [0, 0.1) is 11.3 Å². The molecule has 0 spiro atoms. The van der Waals surface area contributed by atoms with E-state index in [1.165, 1.54) is 11.3 Å². The third-order valence-corrected chi connectivity index (χ3v) is 3.78. The number of thiazole rings is 1. The molecule has 0 fully saturated rings. The van der Waals surface area contributed by atoms with Crippen molar-refractivity contribution in [3.05, 3.63) is 70.8 Å². The monoisotopic (exact) mass is 289 g/mol. The standard InChI is InChI=1S/C17H11N3S/c18-11-14(10-15-8-4-5-9-19-15)17-20-16(12-21-17)13-6-2-1-3-7-13/h1-10,12H/b14-10-. The molecule has 3 rings (SSSR count). The molecule has 0 aliphatic carbocycles. The Kier molecular flexibility index (Phi) is 3.85. The van der Waals surface area contributed by atoms with Gasteiger partial charge in [0, 0.05) is 17.1 Å². The number of nitriles is 1. The lowest BCUT2D eigenvalue weighted by atomic mass is 10.2. The second-order valence-electron chi connectivity index (χ2n) is 4.33. The van der Waals surface area contributed by atoms with Gasteiger partial charge in [0.15, 0.2) is 0 Å². The van der Waals surface area contributed by atoms with Crippen molar-refractivity contribution < 1.29 is 0 Å². The molecule has 2 aromatic heterocycles. The zero-order chi connectivity index (χ0) is 14.5. The van der Waals surface area contributed by atoms with Crippen molar-refractivity contribution >= 4 is 23.0 Å². The molecule has 0 atom stereocenters. The molecule has 0 radical (unpaired) electrons. The van der Waals surface area contributed by atoms with Crippen LogP contribution < -0.4 is 0 Å².